The van der Waals surface area contributed by atoms with Crippen molar-refractivity contribution < 1.29 is 22.5 Å². The molecule has 134 valence electrons. The largest absolute Gasteiger partial charge is 0.417 e. The Bertz CT molecular complexity index is 994. The molecule has 0 aliphatic heterocycles. The van der Waals surface area contributed by atoms with Gasteiger partial charge in [-0.25, -0.2) is 0 Å². The first-order valence-electron chi connectivity index (χ1n) is 7.31. The SMILES string of the molecule is O=C(NCc1nc(-c2ccc[nH]c2=O)no1)c1ccccc1C(F)(F)F. The van der Waals surface area contributed by atoms with Crippen LogP contribution in [0.3, 0.4) is 0 Å². The number of H-pyrrole nitrogens is 1. The van der Waals surface area contributed by atoms with Crippen LogP contribution in [0.25, 0.3) is 11.4 Å². The average molecular weight is 364 g/mol. The summed E-state index contributed by atoms with van der Waals surface area (Å²) in [5.41, 5.74) is -1.82. The van der Waals surface area contributed by atoms with E-state index in [4.69, 9.17) is 4.52 Å². The number of amides is 1. The Labute approximate surface area is 143 Å². The fourth-order valence-corrected chi connectivity index (χ4v) is 2.21. The predicted molar refractivity (Wildman–Crippen MR) is 83.0 cm³/mol. The zero-order valence-corrected chi connectivity index (χ0v) is 13.0. The van der Waals surface area contributed by atoms with Crippen molar-refractivity contribution in [3.05, 3.63) is 70.0 Å². The quantitative estimate of drug-likeness (QED) is 0.740. The molecule has 3 aromatic rings. The zero-order valence-electron chi connectivity index (χ0n) is 13.0. The molecule has 7 nitrogen and oxygen atoms in total. The summed E-state index contributed by atoms with van der Waals surface area (Å²) >= 11 is 0. The first-order valence-corrected chi connectivity index (χ1v) is 7.31. The number of pyridine rings is 1. The van der Waals surface area contributed by atoms with Crippen molar-refractivity contribution in [2.24, 2.45) is 0 Å². The number of benzene rings is 1. The van der Waals surface area contributed by atoms with Crippen LogP contribution in [0.4, 0.5) is 13.2 Å². The lowest BCUT2D eigenvalue weighted by Gasteiger charge is -2.11. The van der Waals surface area contributed by atoms with Crippen LogP contribution < -0.4 is 10.9 Å². The molecule has 3 rings (SSSR count). The van der Waals surface area contributed by atoms with Crippen LogP contribution >= 0.6 is 0 Å². The van der Waals surface area contributed by atoms with E-state index in [-0.39, 0.29) is 23.8 Å². The molecule has 26 heavy (non-hydrogen) atoms. The van der Waals surface area contributed by atoms with Crippen LogP contribution in [0.5, 0.6) is 0 Å². The second-order valence-corrected chi connectivity index (χ2v) is 5.15. The minimum absolute atomic E-state index is 0.00629. The molecule has 1 aromatic carbocycles. The zero-order chi connectivity index (χ0) is 18.7. The number of aromatic amines is 1. The average Bonchev–Trinajstić information content (AvgIpc) is 3.08. The summed E-state index contributed by atoms with van der Waals surface area (Å²) in [6, 6.07) is 7.47. The first kappa shape index (κ1) is 17.4. The van der Waals surface area contributed by atoms with E-state index < -0.39 is 28.8 Å². The van der Waals surface area contributed by atoms with Gasteiger partial charge in [0.25, 0.3) is 11.5 Å². The predicted octanol–water partition coefficient (Wildman–Crippen LogP) is 2.37. The topological polar surface area (TPSA) is 101 Å². The van der Waals surface area contributed by atoms with Gasteiger partial charge in [-0.1, -0.05) is 17.3 Å². The third kappa shape index (κ3) is 3.63. The molecule has 0 aliphatic carbocycles. The monoisotopic (exact) mass is 364 g/mol. The Balaban J connectivity index is 1.74. The molecule has 2 aromatic heterocycles. The van der Waals surface area contributed by atoms with Gasteiger partial charge in [-0.2, -0.15) is 18.2 Å². The van der Waals surface area contributed by atoms with Crippen LogP contribution in [-0.4, -0.2) is 21.0 Å². The summed E-state index contributed by atoms with van der Waals surface area (Å²) in [6.45, 7) is -0.289. The molecule has 0 saturated carbocycles. The van der Waals surface area contributed by atoms with Gasteiger partial charge in [-0.05, 0) is 24.3 Å². The Morgan fingerprint density at radius 1 is 1.19 bits per heavy atom. The molecule has 1 amide bonds. The van der Waals surface area contributed by atoms with Gasteiger partial charge >= 0.3 is 6.18 Å². The summed E-state index contributed by atoms with van der Waals surface area (Å²) in [5.74, 6) is -0.983. The smallest absolute Gasteiger partial charge is 0.343 e. The molecular formula is C16H11F3N4O3. The standard InChI is InChI=1S/C16H11F3N4O3/c17-16(18,19)11-6-2-1-4-9(11)14(24)21-8-12-22-13(23-26-12)10-5-3-7-20-15(10)25/h1-7H,8H2,(H,20,25)(H,21,24). The number of alkyl halides is 3. The van der Waals surface area contributed by atoms with Gasteiger partial charge < -0.3 is 14.8 Å². The number of halogens is 3. The fourth-order valence-electron chi connectivity index (χ4n) is 2.21. The third-order valence-corrected chi connectivity index (χ3v) is 3.40. The van der Waals surface area contributed by atoms with Crippen LogP contribution in [0.1, 0.15) is 21.8 Å². The molecule has 0 saturated heterocycles. The van der Waals surface area contributed by atoms with Crippen LogP contribution in [0.15, 0.2) is 51.9 Å². The van der Waals surface area contributed by atoms with Gasteiger partial charge in [0.05, 0.1) is 23.2 Å². The molecule has 0 fully saturated rings. The molecule has 2 N–H and O–H groups in total. The fraction of sp³-hybridized carbons (Fsp3) is 0.125. The highest BCUT2D eigenvalue weighted by atomic mass is 19.4. The Morgan fingerprint density at radius 2 is 1.96 bits per heavy atom. The van der Waals surface area contributed by atoms with E-state index >= 15 is 0 Å². The molecular weight excluding hydrogens is 353 g/mol. The van der Waals surface area contributed by atoms with Gasteiger partial charge in [0.15, 0.2) is 0 Å². The second-order valence-electron chi connectivity index (χ2n) is 5.15. The number of nitrogens with one attached hydrogen (secondary N) is 2. The number of hydrogen-bond acceptors (Lipinski definition) is 5. The van der Waals surface area contributed by atoms with Gasteiger partial charge in [-0.3, -0.25) is 9.59 Å². The number of rotatable bonds is 4. The van der Waals surface area contributed by atoms with Crippen LogP contribution in [0.2, 0.25) is 0 Å². The van der Waals surface area contributed by atoms with Crippen molar-refractivity contribution in [2.45, 2.75) is 12.7 Å². The van der Waals surface area contributed by atoms with Gasteiger partial charge in [0, 0.05) is 6.20 Å². The maximum absolute atomic E-state index is 12.9. The second kappa shape index (κ2) is 6.82. The lowest BCUT2D eigenvalue weighted by Crippen LogP contribution is -2.26. The number of nitrogens with zero attached hydrogens (tertiary/aromatic N) is 2. The van der Waals surface area contributed by atoms with E-state index in [1.165, 1.54) is 24.4 Å². The van der Waals surface area contributed by atoms with E-state index in [0.29, 0.717) is 0 Å². The molecule has 0 spiro atoms. The number of hydrogen-bond donors (Lipinski definition) is 2. The highest BCUT2D eigenvalue weighted by Crippen LogP contribution is 2.31. The summed E-state index contributed by atoms with van der Waals surface area (Å²) in [6.07, 6.45) is -3.22. The van der Waals surface area contributed by atoms with E-state index in [1.54, 1.807) is 6.07 Å². The molecule has 0 atom stereocenters. The minimum atomic E-state index is -4.65. The van der Waals surface area contributed by atoms with Crippen molar-refractivity contribution in [3.8, 4) is 11.4 Å². The van der Waals surface area contributed by atoms with Gasteiger partial charge in [-0.15, -0.1) is 0 Å². The van der Waals surface area contributed by atoms with E-state index in [0.717, 1.165) is 12.1 Å². The molecule has 10 heteroatoms. The summed E-state index contributed by atoms with van der Waals surface area (Å²) in [4.78, 5) is 30.1. The highest BCUT2D eigenvalue weighted by molar-refractivity contribution is 5.95. The number of carbonyl (C=O) groups is 1. The van der Waals surface area contributed by atoms with Gasteiger partial charge in [0.1, 0.15) is 0 Å². The minimum Gasteiger partial charge on any atom is -0.343 e. The maximum Gasteiger partial charge on any atom is 0.417 e. The number of aromatic nitrogens is 3. The highest BCUT2D eigenvalue weighted by Gasteiger charge is 2.34. The van der Waals surface area contributed by atoms with Crippen molar-refractivity contribution >= 4 is 5.91 Å². The van der Waals surface area contributed by atoms with Crippen LogP contribution in [-0.2, 0) is 12.7 Å². The van der Waals surface area contributed by atoms with Crippen molar-refractivity contribution in [2.75, 3.05) is 0 Å². The number of carbonyl (C=O) groups excluding carboxylic acids is 1. The van der Waals surface area contributed by atoms with E-state index in [2.05, 4.69) is 20.4 Å². The van der Waals surface area contributed by atoms with Crippen LogP contribution in [0, 0.1) is 0 Å². The molecule has 0 aliphatic rings. The Morgan fingerprint density at radius 3 is 2.69 bits per heavy atom. The Hall–Kier alpha value is -3.43. The Kier molecular flexibility index (Phi) is 4.57. The normalized spacial score (nSPS) is 11.3. The summed E-state index contributed by atoms with van der Waals surface area (Å²) in [5, 5.41) is 5.90. The van der Waals surface area contributed by atoms with E-state index in [1.807, 2.05) is 0 Å². The summed E-state index contributed by atoms with van der Waals surface area (Å²) in [7, 11) is 0. The lowest BCUT2D eigenvalue weighted by atomic mass is 10.1. The first-order chi connectivity index (χ1) is 12.4. The van der Waals surface area contributed by atoms with Gasteiger partial charge in [0.2, 0.25) is 11.7 Å². The maximum atomic E-state index is 12.9. The molecule has 0 radical (unpaired) electrons. The van der Waals surface area contributed by atoms with Crippen molar-refractivity contribution in [1.82, 2.24) is 20.4 Å². The summed E-state index contributed by atoms with van der Waals surface area (Å²) < 4.78 is 43.7. The van der Waals surface area contributed by atoms with Crippen molar-refractivity contribution in [3.63, 3.8) is 0 Å². The lowest BCUT2D eigenvalue weighted by molar-refractivity contribution is -0.137. The molecule has 0 bridgehead atoms. The molecule has 2 heterocycles. The van der Waals surface area contributed by atoms with E-state index in [9.17, 15) is 22.8 Å². The third-order valence-electron chi connectivity index (χ3n) is 3.40. The molecule has 0 unspecified atom stereocenters. The van der Waals surface area contributed by atoms with Crippen molar-refractivity contribution in [1.29, 1.82) is 0 Å².